The van der Waals surface area contributed by atoms with E-state index in [9.17, 15) is 4.79 Å². The molecule has 0 N–H and O–H groups in total. The van der Waals surface area contributed by atoms with E-state index in [1.54, 1.807) is 18.2 Å². The van der Waals surface area contributed by atoms with Gasteiger partial charge in [0.2, 0.25) is 0 Å². The van der Waals surface area contributed by atoms with Crippen LogP contribution in [0.5, 0.6) is 0 Å². The van der Waals surface area contributed by atoms with Crippen LogP contribution < -0.4 is 0 Å². The summed E-state index contributed by atoms with van der Waals surface area (Å²) < 4.78 is 0. The van der Waals surface area contributed by atoms with Gasteiger partial charge in [-0.3, -0.25) is 9.69 Å². The second-order valence-electron chi connectivity index (χ2n) is 4.06. The Morgan fingerprint density at radius 3 is 2.44 bits per heavy atom. The monoisotopic (exact) mass is 259 g/mol. The number of halogens is 2. The molecule has 0 heterocycles. The molecule has 0 unspecified atom stereocenters. The normalized spacial score (nSPS) is 11.2. The van der Waals surface area contributed by atoms with E-state index in [2.05, 4.69) is 0 Å². The largest absolute Gasteiger partial charge is 0.296 e. The van der Waals surface area contributed by atoms with Crippen molar-refractivity contribution in [2.45, 2.75) is 19.9 Å². The maximum absolute atomic E-state index is 11.9. The summed E-state index contributed by atoms with van der Waals surface area (Å²) in [5, 5.41) is 0.884. The molecule has 2 nitrogen and oxygen atoms in total. The van der Waals surface area contributed by atoms with Gasteiger partial charge in [0.15, 0.2) is 5.78 Å². The fourth-order valence-electron chi connectivity index (χ4n) is 1.17. The number of carbonyl (C=O) groups excluding carboxylic acids is 1. The molecule has 1 rings (SSSR count). The summed E-state index contributed by atoms with van der Waals surface area (Å²) in [6.45, 7) is 4.47. The van der Waals surface area contributed by atoms with Crippen molar-refractivity contribution in [2.75, 3.05) is 13.6 Å². The van der Waals surface area contributed by atoms with Gasteiger partial charge >= 0.3 is 0 Å². The van der Waals surface area contributed by atoms with E-state index in [0.29, 0.717) is 28.2 Å². The van der Waals surface area contributed by atoms with Gasteiger partial charge in [-0.15, -0.1) is 0 Å². The van der Waals surface area contributed by atoms with Gasteiger partial charge in [0.25, 0.3) is 0 Å². The van der Waals surface area contributed by atoms with Crippen molar-refractivity contribution in [1.29, 1.82) is 0 Å². The van der Waals surface area contributed by atoms with E-state index in [4.69, 9.17) is 23.2 Å². The summed E-state index contributed by atoms with van der Waals surface area (Å²) in [7, 11) is 1.92. The van der Waals surface area contributed by atoms with Crippen molar-refractivity contribution in [3.05, 3.63) is 33.8 Å². The third-order valence-electron chi connectivity index (χ3n) is 2.52. The first-order valence-electron chi connectivity index (χ1n) is 5.10. The quantitative estimate of drug-likeness (QED) is 0.772. The van der Waals surface area contributed by atoms with Crippen LogP contribution in [0, 0.1) is 0 Å². The highest BCUT2D eigenvalue weighted by molar-refractivity contribution is 6.42. The van der Waals surface area contributed by atoms with Crippen molar-refractivity contribution in [1.82, 2.24) is 4.90 Å². The topological polar surface area (TPSA) is 20.3 Å². The smallest absolute Gasteiger partial charge is 0.176 e. The summed E-state index contributed by atoms with van der Waals surface area (Å²) in [4.78, 5) is 13.9. The van der Waals surface area contributed by atoms with Gasteiger partial charge in [-0.1, -0.05) is 23.2 Å². The van der Waals surface area contributed by atoms with Gasteiger partial charge in [-0.05, 0) is 39.1 Å². The van der Waals surface area contributed by atoms with Crippen LogP contribution in [0.4, 0.5) is 0 Å². The van der Waals surface area contributed by atoms with Crippen LogP contribution in [0.2, 0.25) is 10.0 Å². The number of benzene rings is 1. The lowest BCUT2D eigenvalue weighted by Gasteiger charge is -2.19. The predicted molar refractivity (Wildman–Crippen MR) is 68.6 cm³/mol. The number of hydrogen-bond donors (Lipinski definition) is 0. The Morgan fingerprint density at radius 2 is 1.94 bits per heavy atom. The molecule has 0 bridgehead atoms. The van der Waals surface area contributed by atoms with Gasteiger partial charge in [0, 0.05) is 11.6 Å². The van der Waals surface area contributed by atoms with E-state index in [0.717, 1.165) is 0 Å². The first kappa shape index (κ1) is 13.5. The molecule has 88 valence electrons. The lowest BCUT2D eigenvalue weighted by molar-refractivity contribution is 0.0929. The number of carbonyl (C=O) groups is 1. The highest BCUT2D eigenvalue weighted by atomic mass is 35.5. The molecule has 0 aliphatic carbocycles. The van der Waals surface area contributed by atoms with Crippen LogP contribution in [0.15, 0.2) is 18.2 Å². The van der Waals surface area contributed by atoms with Crippen molar-refractivity contribution < 1.29 is 4.79 Å². The molecular formula is C12H15Cl2NO. The zero-order valence-electron chi connectivity index (χ0n) is 9.63. The van der Waals surface area contributed by atoms with Crippen LogP contribution in [0.1, 0.15) is 24.2 Å². The Hall–Kier alpha value is -0.570. The maximum atomic E-state index is 11.9. The summed E-state index contributed by atoms with van der Waals surface area (Å²) in [6, 6.07) is 5.30. The average Bonchev–Trinajstić information content (AvgIpc) is 2.21. The molecular weight excluding hydrogens is 245 g/mol. The summed E-state index contributed by atoms with van der Waals surface area (Å²) in [5.41, 5.74) is 0.599. The maximum Gasteiger partial charge on any atom is 0.176 e. The van der Waals surface area contributed by atoms with Crippen molar-refractivity contribution >= 4 is 29.0 Å². The second-order valence-corrected chi connectivity index (χ2v) is 4.88. The van der Waals surface area contributed by atoms with E-state index >= 15 is 0 Å². The number of rotatable bonds is 4. The number of likely N-dealkylation sites (N-methyl/N-ethyl adjacent to an activating group) is 1. The van der Waals surface area contributed by atoms with Crippen molar-refractivity contribution in [3.8, 4) is 0 Å². The fourth-order valence-corrected chi connectivity index (χ4v) is 1.47. The highest BCUT2D eigenvalue weighted by Crippen LogP contribution is 2.22. The Bertz CT molecular complexity index is 391. The molecule has 0 atom stereocenters. The van der Waals surface area contributed by atoms with Gasteiger partial charge in [0.05, 0.1) is 16.6 Å². The Kier molecular flexibility index (Phi) is 4.78. The van der Waals surface area contributed by atoms with Crippen LogP contribution in [0.3, 0.4) is 0 Å². The van der Waals surface area contributed by atoms with Gasteiger partial charge in [-0.2, -0.15) is 0 Å². The molecule has 0 fully saturated rings. The number of nitrogens with zero attached hydrogens (tertiary/aromatic N) is 1. The molecule has 0 saturated heterocycles. The molecule has 0 spiro atoms. The average molecular weight is 260 g/mol. The summed E-state index contributed by atoms with van der Waals surface area (Å²) in [6.07, 6.45) is 0. The minimum atomic E-state index is 0.0507. The predicted octanol–water partition coefficient (Wildman–Crippen LogP) is 3.52. The lowest BCUT2D eigenvalue weighted by atomic mass is 10.1. The fraction of sp³-hybridized carbons (Fsp3) is 0.417. The third-order valence-corrected chi connectivity index (χ3v) is 3.26. The number of Topliss-reactive ketones (excluding diaryl/α,β-unsaturated/α-hetero) is 1. The molecule has 4 heteroatoms. The first-order chi connectivity index (χ1) is 7.41. The third kappa shape index (κ3) is 3.48. The molecule has 0 aliphatic rings. The van der Waals surface area contributed by atoms with E-state index in [-0.39, 0.29) is 5.78 Å². The van der Waals surface area contributed by atoms with E-state index in [1.165, 1.54) is 0 Å². The van der Waals surface area contributed by atoms with Crippen molar-refractivity contribution in [3.63, 3.8) is 0 Å². The van der Waals surface area contributed by atoms with Crippen LogP contribution in [-0.2, 0) is 0 Å². The zero-order valence-corrected chi connectivity index (χ0v) is 11.1. The standard InChI is InChI=1S/C12H15Cl2NO/c1-8(2)15(3)7-12(16)9-4-5-10(13)11(14)6-9/h4-6,8H,7H2,1-3H3. The van der Waals surface area contributed by atoms with Gasteiger partial charge in [-0.25, -0.2) is 0 Å². The molecule has 16 heavy (non-hydrogen) atoms. The number of ketones is 1. The van der Waals surface area contributed by atoms with Crippen molar-refractivity contribution in [2.24, 2.45) is 0 Å². The Balaban J connectivity index is 2.77. The molecule has 0 aromatic heterocycles. The minimum absolute atomic E-state index is 0.0507. The molecule has 0 aliphatic heterocycles. The van der Waals surface area contributed by atoms with Crippen LogP contribution >= 0.6 is 23.2 Å². The molecule has 1 aromatic rings. The Labute approximate surface area is 106 Å². The lowest BCUT2D eigenvalue weighted by Crippen LogP contribution is -2.31. The molecule has 0 saturated carbocycles. The Morgan fingerprint density at radius 1 is 1.31 bits per heavy atom. The summed E-state index contributed by atoms with van der Waals surface area (Å²) in [5.74, 6) is 0.0507. The number of hydrogen-bond acceptors (Lipinski definition) is 2. The first-order valence-corrected chi connectivity index (χ1v) is 5.86. The molecule has 1 aromatic carbocycles. The zero-order chi connectivity index (χ0) is 12.3. The SMILES string of the molecule is CC(C)N(C)CC(=O)c1ccc(Cl)c(Cl)c1. The second kappa shape index (κ2) is 5.67. The van der Waals surface area contributed by atoms with Crippen LogP contribution in [-0.4, -0.2) is 30.3 Å². The van der Waals surface area contributed by atoms with E-state index < -0.39 is 0 Å². The highest BCUT2D eigenvalue weighted by Gasteiger charge is 2.12. The molecule has 0 amide bonds. The van der Waals surface area contributed by atoms with E-state index in [1.807, 2.05) is 25.8 Å². The summed E-state index contributed by atoms with van der Waals surface area (Å²) >= 11 is 11.6. The van der Waals surface area contributed by atoms with Crippen LogP contribution in [0.25, 0.3) is 0 Å². The van der Waals surface area contributed by atoms with Gasteiger partial charge < -0.3 is 0 Å². The molecule has 0 radical (unpaired) electrons. The van der Waals surface area contributed by atoms with Gasteiger partial charge in [0.1, 0.15) is 0 Å². The minimum Gasteiger partial charge on any atom is -0.296 e.